The molecule has 1 aromatic heterocycles. The molecule has 0 aliphatic carbocycles. The standard InChI is InChI=1S/C25H30F5N5O3/c1-6-31-22-20(16(21(26)27)13-19(36)33-22)14(2)17-11-15(25(28,29)30)12-18(32-17)34-7-9-35(10-8-34)23(37)38-24(3,4)5/h6,11-12,16,21H,1,7-10,13H2,2-5H3,(H,31,33,36)/b20-14+. The number of halogens is 5. The van der Waals surface area contributed by atoms with Crippen molar-refractivity contribution in [2.75, 3.05) is 31.1 Å². The summed E-state index contributed by atoms with van der Waals surface area (Å²) in [5, 5.41) is 2.40. The molecule has 1 atom stereocenters. The maximum Gasteiger partial charge on any atom is 0.416 e. The molecular weight excluding hydrogens is 513 g/mol. The van der Waals surface area contributed by atoms with E-state index in [1.54, 1.807) is 25.7 Å². The number of aliphatic imine (C=N–C) groups is 1. The van der Waals surface area contributed by atoms with Crippen molar-refractivity contribution in [3.63, 3.8) is 0 Å². The van der Waals surface area contributed by atoms with Gasteiger partial charge in [0, 0.05) is 44.4 Å². The van der Waals surface area contributed by atoms with E-state index in [1.165, 1.54) is 11.8 Å². The number of piperidine rings is 1. The summed E-state index contributed by atoms with van der Waals surface area (Å²) in [6.07, 6.45) is -7.74. The number of allylic oxidation sites excluding steroid dienone is 1. The number of anilines is 1. The molecule has 2 amide bonds. The van der Waals surface area contributed by atoms with Crippen LogP contribution in [0.1, 0.15) is 45.4 Å². The molecule has 2 aliphatic rings. The van der Waals surface area contributed by atoms with Gasteiger partial charge in [-0.1, -0.05) is 6.58 Å². The number of carbonyl (C=O) groups excluding carboxylic acids is 2. The number of aromatic nitrogens is 1. The van der Waals surface area contributed by atoms with Gasteiger partial charge in [-0.3, -0.25) is 4.79 Å². The minimum Gasteiger partial charge on any atom is -0.444 e. The van der Waals surface area contributed by atoms with Gasteiger partial charge in [0.15, 0.2) is 0 Å². The first-order valence-electron chi connectivity index (χ1n) is 11.9. The lowest BCUT2D eigenvalue weighted by molar-refractivity contribution is -0.137. The molecule has 208 valence electrons. The van der Waals surface area contributed by atoms with Gasteiger partial charge in [-0.05, 0) is 45.4 Å². The SMILES string of the molecule is C=CN=C1NC(=O)CC(C(F)F)/C1=C(/C)c1cc(C(F)(F)F)cc(N2CCN(C(=O)OC(C)(C)C)CC2)n1. The van der Waals surface area contributed by atoms with Gasteiger partial charge in [-0.2, -0.15) is 13.2 Å². The highest BCUT2D eigenvalue weighted by molar-refractivity contribution is 6.14. The third-order valence-electron chi connectivity index (χ3n) is 6.00. The van der Waals surface area contributed by atoms with Crippen molar-refractivity contribution in [3.8, 4) is 0 Å². The summed E-state index contributed by atoms with van der Waals surface area (Å²) in [5.41, 5.74) is -1.97. The van der Waals surface area contributed by atoms with Crippen LogP contribution in [0.25, 0.3) is 5.57 Å². The first-order valence-corrected chi connectivity index (χ1v) is 11.9. The predicted molar refractivity (Wildman–Crippen MR) is 132 cm³/mol. The monoisotopic (exact) mass is 543 g/mol. The van der Waals surface area contributed by atoms with Gasteiger partial charge < -0.3 is 19.9 Å². The second kappa shape index (κ2) is 11.1. The lowest BCUT2D eigenvalue weighted by Gasteiger charge is -2.36. The number of carbonyl (C=O) groups is 2. The van der Waals surface area contributed by atoms with Gasteiger partial charge >= 0.3 is 12.3 Å². The number of rotatable bonds is 4. The number of amidine groups is 1. The van der Waals surface area contributed by atoms with Crippen molar-refractivity contribution in [2.45, 2.75) is 52.3 Å². The first-order chi connectivity index (χ1) is 17.6. The average molecular weight is 544 g/mol. The highest BCUT2D eigenvalue weighted by Gasteiger charge is 2.38. The molecule has 13 heteroatoms. The maximum atomic E-state index is 13.9. The molecule has 1 unspecified atom stereocenters. The number of amides is 2. The number of pyridine rings is 1. The summed E-state index contributed by atoms with van der Waals surface area (Å²) in [4.78, 5) is 35.6. The Morgan fingerprint density at radius 2 is 1.84 bits per heavy atom. The van der Waals surface area contributed by atoms with E-state index in [2.05, 4.69) is 21.9 Å². The minimum absolute atomic E-state index is 0.0192. The highest BCUT2D eigenvalue weighted by atomic mass is 19.4. The molecular formula is C25H30F5N5O3. The third-order valence-corrected chi connectivity index (χ3v) is 6.00. The normalized spacial score (nSPS) is 21.5. The molecule has 2 saturated heterocycles. The van der Waals surface area contributed by atoms with E-state index in [-0.39, 0.29) is 54.7 Å². The molecule has 3 heterocycles. The van der Waals surface area contributed by atoms with Crippen LogP contribution in [0, 0.1) is 5.92 Å². The largest absolute Gasteiger partial charge is 0.444 e. The van der Waals surface area contributed by atoms with Crippen LogP contribution in [0.2, 0.25) is 0 Å². The van der Waals surface area contributed by atoms with Gasteiger partial charge in [0.2, 0.25) is 12.3 Å². The Kier molecular flexibility index (Phi) is 8.47. The van der Waals surface area contributed by atoms with Gasteiger partial charge in [-0.25, -0.2) is 23.6 Å². The summed E-state index contributed by atoms with van der Waals surface area (Å²) in [5.74, 6) is -2.49. The molecule has 3 rings (SSSR count). The summed E-state index contributed by atoms with van der Waals surface area (Å²) >= 11 is 0. The number of hydrogen-bond donors (Lipinski definition) is 1. The molecule has 8 nitrogen and oxygen atoms in total. The minimum atomic E-state index is -4.74. The van der Waals surface area contributed by atoms with Crippen LogP contribution in [0.3, 0.4) is 0 Å². The second-order valence-corrected chi connectivity index (χ2v) is 9.94. The molecule has 0 spiro atoms. The second-order valence-electron chi connectivity index (χ2n) is 9.94. The Morgan fingerprint density at radius 3 is 2.37 bits per heavy atom. The van der Waals surface area contributed by atoms with E-state index in [9.17, 15) is 31.5 Å². The highest BCUT2D eigenvalue weighted by Crippen LogP contribution is 2.37. The molecule has 0 bridgehead atoms. The van der Waals surface area contributed by atoms with Crippen molar-refractivity contribution in [1.29, 1.82) is 0 Å². The van der Waals surface area contributed by atoms with E-state index >= 15 is 0 Å². The number of hydrogen-bond acceptors (Lipinski definition) is 6. The van der Waals surface area contributed by atoms with Crippen LogP contribution in [0.15, 0.2) is 35.5 Å². The first kappa shape index (κ1) is 29.1. The lowest BCUT2D eigenvalue weighted by Crippen LogP contribution is -2.50. The molecule has 38 heavy (non-hydrogen) atoms. The zero-order chi connectivity index (χ0) is 28.4. The topological polar surface area (TPSA) is 87.1 Å². The number of ether oxygens (including phenoxy) is 1. The number of piperazine rings is 1. The van der Waals surface area contributed by atoms with Crippen LogP contribution in [0.5, 0.6) is 0 Å². The molecule has 2 fully saturated rings. The van der Waals surface area contributed by atoms with E-state index in [4.69, 9.17) is 4.74 Å². The summed E-state index contributed by atoms with van der Waals surface area (Å²) in [6, 6.07) is 1.67. The lowest BCUT2D eigenvalue weighted by atomic mass is 9.86. The van der Waals surface area contributed by atoms with Gasteiger partial charge in [-0.15, -0.1) is 0 Å². The number of nitrogens with one attached hydrogen (secondary N) is 1. The Morgan fingerprint density at radius 1 is 1.21 bits per heavy atom. The van der Waals surface area contributed by atoms with Crippen LogP contribution in [-0.2, 0) is 15.7 Å². The number of nitrogens with zero attached hydrogens (tertiary/aromatic N) is 4. The third kappa shape index (κ3) is 6.87. The van der Waals surface area contributed by atoms with Crippen molar-refractivity contribution >= 4 is 29.2 Å². The van der Waals surface area contributed by atoms with Gasteiger partial charge in [0.05, 0.1) is 17.2 Å². The molecule has 0 aromatic carbocycles. The number of alkyl halides is 5. The van der Waals surface area contributed by atoms with Gasteiger partial charge in [0.25, 0.3) is 0 Å². The van der Waals surface area contributed by atoms with Crippen LogP contribution in [0.4, 0.5) is 32.6 Å². The Bertz CT molecular complexity index is 1150. The van der Waals surface area contributed by atoms with Crippen molar-refractivity contribution in [2.24, 2.45) is 10.9 Å². The van der Waals surface area contributed by atoms with E-state index in [1.807, 2.05) is 0 Å². The fourth-order valence-electron chi connectivity index (χ4n) is 4.21. The molecule has 1 aromatic rings. The van der Waals surface area contributed by atoms with Crippen molar-refractivity contribution < 1.29 is 36.3 Å². The van der Waals surface area contributed by atoms with Gasteiger partial charge in [0.1, 0.15) is 17.3 Å². The van der Waals surface area contributed by atoms with Crippen molar-refractivity contribution in [1.82, 2.24) is 15.2 Å². The van der Waals surface area contributed by atoms with E-state index in [0.29, 0.717) is 0 Å². The summed E-state index contributed by atoms with van der Waals surface area (Å²) in [7, 11) is 0. The zero-order valence-electron chi connectivity index (χ0n) is 21.5. The van der Waals surface area contributed by atoms with Crippen LogP contribution in [-0.4, -0.2) is 65.9 Å². The Balaban J connectivity index is 2.02. The summed E-state index contributed by atoms with van der Waals surface area (Å²) < 4.78 is 74.8. The van der Waals surface area contributed by atoms with Crippen LogP contribution >= 0.6 is 0 Å². The molecule has 1 N–H and O–H groups in total. The predicted octanol–water partition coefficient (Wildman–Crippen LogP) is 4.87. The Hall–Kier alpha value is -3.51. The van der Waals surface area contributed by atoms with Crippen molar-refractivity contribution in [3.05, 3.63) is 41.7 Å². The molecule has 0 saturated carbocycles. The quantitative estimate of drug-likeness (QED) is 0.548. The Labute approximate surface area is 217 Å². The fourth-order valence-corrected chi connectivity index (χ4v) is 4.21. The average Bonchev–Trinajstić information content (AvgIpc) is 2.81. The van der Waals surface area contributed by atoms with E-state index in [0.717, 1.165) is 18.3 Å². The zero-order valence-corrected chi connectivity index (χ0v) is 21.5. The fraction of sp³-hybridized carbons (Fsp3) is 0.520. The summed E-state index contributed by atoms with van der Waals surface area (Å²) in [6.45, 7) is 10.7. The van der Waals surface area contributed by atoms with E-state index < -0.39 is 48.1 Å². The molecule has 2 aliphatic heterocycles. The maximum absolute atomic E-state index is 13.9. The smallest absolute Gasteiger partial charge is 0.416 e. The van der Waals surface area contributed by atoms with Crippen LogP contribution < -0.4 is 10.2 Å². The molecule has 0 radical (unpaired) electrons.